The minimum absolute atomic E-state index is 0.0284. The van der Waals surface area contributed by atoms with Crippen molar-refractivity contribution in [1.29, 1.82) is 0 Å². The molecule has 0 radical (unpaired) electrons. The van der Waals surface area contributed by atoms with E-state index in [0.29, 0.717) is 0 Å². The predicted octanol–water partition coefficient (Wildman–Crippen LogP) is 2.48. The van der Waals surface area contributed by atoms with E-state index in [1.54, 1.807) is 0 Å². The van der Waals surface area contributed by atoms with Gasteiger partial charge in [-0.2, -0.15) is 0 Å². The van der Waals surface area contributed by atoms with Gasteiger partial charge in [0.2, 0.25) is 0 Å². The Hall–Kier alpha value is -1.18. The van der Waals surface area contributed by atoms with Gasteiger partial charge in [-0.15, -0.1) is 0 Å². The van der Waals surface area contributed by atoms with Crippen molar-refractivity contribution in [2.45, 2.75) is 20.8 Å². The first-order valence-electron chi connectivity index (χ1n) is 3.56. The quantitative estimate of drug-likeness (QED) is 0.482. The fraction of sp³-hybridized carbons (Fsp3) is 0.333. The molecule has 0 aromatic heterocycles. The second-order valence-corrected chi connectivity index (χ2v) is 2.25. The summed E-state index contributed by atoms with van der Waals surface area (Å²) < 4.78 is 0. The Bertz CT molecular complexity index is 202. The maximum absolute atomic E-state index is 8.82. The van der Waals surface area contributed by atoms with Gasteiger partial charge in [0.05, 0.1) is 0 Å². The molecule has 0 spiro atoms. The largest absolute Gasteiger partial charge is 0.495 e. The molecule has 0 fully saturated rings. The van der Waals surface area contributed by atoms with Gasteiger partial charge in [-0.25, -0.2) is 0 Å². The standard InChI is InChI=1S/C9H15NO/c1-5-7(3)9(6-2)10-8(4)11/h5-6,10-11H,4H2,1-3H3/b7-5-,9-6+. The van der Waals surface area contributed by atoms with Gasteiger partial charge in [0.15, 0.2) is 5.88 Å². The van der Waals surface area contributed by atoms with Crippen LogP contribution in [-0.2, 0) is 0 Å². The van der Waals surface area contributed by atoms with Gasteiger partial charge in [0.25, 0.3) is 0 Å². The lowest BCUT2D eigenvalue weighted by atomic mass is 10.2. The van der Waals surface area contributed by atoms with Crippen LogP contribution in [0.5, 0.6) is 0 Å². The zero-order valence-electron chi connectivity index (χ0n) is 7.31. The van der Waals surface area contributed by atoms with E-state index < -0.39 is 0 Å². The summed E-state index contributed by atoms with van der Waals surface area (Å²) in [7, 11) is 0. The average molecular weight is 153 g/mol. The van der Waals surface area contributed by atoms with E-state index in [9.17, 15) is 0 Å². The van der Waals surface area contributed by atoms with Crippen molar-refractivity contribution in [3.8, 4) is 0 Å². The third-order valence-electron chi connectivity index (χ3n) is 1.43. The van der Waals surface area contributed by atoms with E-state index in [1.807, 2.05) is 32.9 Å². The molecule has 2 N–H and O–H groups in total. The molecule has 0 saturated heterocycles. The van der Waals surface area contributed by atoms with Crippen LogP contribution in [0.25, 0.3) is 0 Å². The van der Waals surface area contributed by atoms with Crippen LogP contribution in [0.2, 0.25) is 0 Å². The molecule has 62 valence electrons. The van der Waals surface area contributed by atoms with E-state index in [1.165, 1.54) is 0 Å². The maximum Gasteiger partial charge on any atom is 0.181 e. The van der Waals surface area contributed by atoms with Crippen molar-refractivity contribution in [3.05, 3.63) is 35.9 Å². The molecule has 0 bridgehead atoms. The summed E-state index contributed by atoms with van der Waals surface area (Å²) in [5.74, 6) is -0.0284. The van der Waals surface area contributed by atoms with Gasteiger partial charge in [0.1, 0.15) is 0 Å². The summed E-state index contributed by atoms with van der Waals surface area (Å²) in [6.07, 6.45) is 3.85. The van der Waals surface area contributed by atoms with Gasteiger partial charge in [-0.1, -0.05) is 12.2 Å². The number of allylic oxidation sites excluding steroid dienone is 3. The molecule has 0 amide bonds. The lowest BCUT2D eigenvalue weighted by Gasteiger charge is -2.08. The monoisotopic (exact) mass is 153 g/mol. The van der Waals surface area contributed by atoms with Gasteiger partial charge < -0.3 is 10.4 Å². The van der Waals surface area contributed by atoms with E-state index in [4.69, 9.17) is 5.11 Å². The maximum atomic E-state index is 8.82. The Labute approximate surface area is 67.9 Å². The molecule has 2 nitrogen and oxygen atoms in total. The van der Waals surface area contributed by atoms with E-state index in [2.05, 4.69) is 11.9 Å². The SMILES string of the molecule is C=C(O)NC(=C/C)/C(C)=C\C. The molecule has 0 aromatic carbocycles. The van der Waals surface area contributed by atoms with Crippen LogP contribution >= 0.6 is 0 Å². The smallest absolute Gasteiger partial charge is 0.181 e. The van der Waals surface area contributed by atoms with E-state index in [0.717, 1.165) is 11.3 Å². The number of nitrogens with one attached hydrogen (secondary N) is 1. The first-order valence-corrected chi connectivity index (χ1v) is 3.56. The third kappa shape index (κ3) is 3.50. The summed E-state index contributed by atoms with van der Waals surface area (Å²) in [6.45, 7) is 9.15. The summed E-state index contributed by atoms with van der Waals surface area (Å²) in [4.78, 5) is 0. The minimum Gasteiger partial charge on any atom is -0.495 e. The highest BCUT2D eigenvalue weighted by Crippen LogP contribution is 2.05. The minimum atomic E-state index is -0.0284. The van der Waals surface area contributed by atoms with E-state index in [-0.39, 0.29) is 5.88 Å². The van der Waals surface area contributed by atoms with Crippen LogP contribution in [0, 0.1) is 0 Å². The number of aliphatic hydroxyl groups excluding tert-OH is 1. The zero-order chi connectivity index (χ0) is 8.85. The van der Waals surface area contributed by atoms with E-state index >= 15 is 0 Å². The molecule has 0 saturated carbocycles. The van der Waals surface area contributed by atoms with Crippen molar-refractivity contribution >= 4 is 0 Å². The molecule has 0 aliphatic carbocycles. The molecular formula is C9H15NO. The number of hydrogen-bond donors (Lipinski definition) is 2. The first kappa shape index (κ1) is 9.82. The second-order valence-electron chi connectivity index (χ2n) is 2.25. The highest BCUT2D eigenvalue weighted by molar-refractivity contribution is 5.27. The Kier molecular flexibility index (Phi) is 4.11. The van der Waals surface area contributed by atoms with Gasteiger partial charge in [-0.05, 0) is 32.9 Å². The summed E-state index contributed by atoms with van der Waals surface area (Å²) in [5.41, 5.74) is 1.97. The molecule has 0 aromatic rings. The summed E-state index contributed by atoms with van der Waals surface area (Å²) >= 11 is 0. The molecule has 0 rings (SSSR count). The Morgan fingerprint density at radius 3 is 2.18 bits per heavy atom. The van der Waals surface area contributed by atoms with Crippen molar-refractivity contribution in [2.75, 3.05) is 0 Å². The van der Waals surface area contributed by atoms with Crippen LogP contribution in [-0.4, -0.2) is 5.11 Å². The van der Waals surface area contributed by atoms with Crippen molar-refractivity contribution < 1.29 is 5.11 Å². The molecule has 0 unspecified atom stereocenters. The van der Waals surface area contributed by atoms with Gasteiger partial charge >= 0.3 is 0 Å². The Morgan fingerprint density at radius 2 is 1.91 bits per heavy atom. The zero-order valence-corrected chi connectivity index (χ0v) is 7.31. The normalized spacial score (nSPS) is 13.0. The van der Waals surface area contributed by atoms with Crippen LogP contribution < -0.4 is 5.32 Å². The van der Waals surface area contributed by atoms with Crippen LogP contribution in [0.4, 0.5) is 0 Å². The van der Waals surface area contributed by atoms with Crippen LogP contribution in [0.1, 0.15) is 20.8 Å². The number of rotatable bonds is 3. The number of hydrogen-bond acceptors (Lipinski definition) is 2. The lowest BCUT2D eigenvalue weighted by Crippen LogP contribution is -2.11. The van der Waals surface area contributed by atoms with Crippen LogP contribution in [0.3, 0.4) is 0 Å². The average Bonchev–Trinajstić information content (AvgIpc) is 1.98. The predicted molar refractivity (Wildman–Crippen MR) is 48.1 cm³/mol. The van der Waals surface area contributed by atoms with Crippen molar-refractivity contribution in [2.24, 2.45) is 0 Å². The fourth-order valence-electron chi connectivity index (χ4n) is 0.709. The highest BCUT2D eigenvalue weighted by atomic mass is 16.3. The molecule has 0 atom stereocenters. The topological polar surface area (TPSA) is 32.3 Å². The molecule has 0 aliphatic heterocycles. The summed E-state index contributed by atoms with van der Waals surface area (Å²) in [6, 6.07) is 0. The summed E-state index contributed by atoms with van der Waals surface area (Å²) in [5, 5.41) is 11.6. The molecule has 2 heteroatoms. The van der Waals surface area contributed by atoms with Gasteiger partial charge in [0, 0.05) is 5.70 Å². The van der Waals surface area contributed by atoms with Crippen molar-refractivity contribution in [1.82, 2.24) is 5.32 Å². The second kappa shape index (κ2) is 4.61. The fourth-order valence-corrected chi connectivity index (χ4v) is 0.709. The van der Waals surface area contributed by atoms with Gasteiger partial charge in [-0.3, -0.25) is 0 Å². The Balaban J connectivity index is 4.32. The van der Waals surface area contributed by atoms with Crippen LogP contribution in [0.15, 0.2) is 35.9 Å². The molecule has 0 aliphatic rings. The van der Waals surface area contributed by atoms with Crippen molar-refractivity contribution in [3.63, 3.8) is 0 Å². The first-order chi connectivity index (χ1) is 5.11. The number of aliphatic hydroxyl groups is 1. The molecular weight excluding hydrogens is 138 g/mol. The third-order valence-corrected chi connectivity index (χ3v) is 1.43. The molecule has 11 heavy (non-hydrogen) atoms. The highest BCUT2D eigenvalue weighted by Gasteiger charge is 1.96. The Morgan fingerprint density at radius 1 is 1.36 bits per heavy atom. The molecule has 0 heterocycles. The lowest BCUT2D eigenvalue weighted by molar-refractivity contribution is 0.381.